The third kappa shape index (κ3) is 3.05. The number of aromatic nitrogens is 2. The zero-order valence-electron chi connectivity index (χ0n) is 13.5. The summed E-state index contributed by atoms with van der Waals surface area (Å²) in [4.78, 5) is 24.5. The summed E-state index contributed by atoms with van der Waals surface area (Å²) < 4.78 is 0. The van der Waals surface area contributed by atoms with Crippen LogP contribution in [0.5, 0.6) is 0 Å². The Kier molecular flexibility index (Phi) is 4.27. The van der Waals surface area contributed by atoms with Gasteiger partial charge in [-0.25, -0.2) is 4.98 Å². The van der Waals surface area contributed by atoms with E-state index in [9.17, 15) is 4.79 Å². The minimum Gasteiger partial charge on any atom is -0.368 e. The zero-order chi connectivity index (χ0) is 16.5. The summed E-state index contributed by atoms with van der Waals surface area (Å²) in [6.07, 6.45) is 0.891. The first kappa shape index (κ1) is 15.6. The van der Waals surface area contributed by atoms with E-state index in [1.807, 2.05) is 12.1 Å². The molecule has 0 unspecified atom stereocenters. The van der Waals surface area contributed by atoms with Crippen molar-refractivity contribution in [3.63, 3.8) is 0 Å². The van der Waals surface area contributed by atoms with E-state index >= 15 is 0 Å². The molecule has 24 heavy (non-hydrogen) atoms. The Bertz CT molecular complexity index is 784. The van der Waals surface area contributed by atoms with Gasteiger partial charge in [-0.05, 0) is 24.3 Å². The normalized spacial score (nSPS) is 17.7. The summed E-state index contributed by atoms with van der Waals surface area (Å²) in [6, 6.07) is 7.98. The molecule has 122 valence electrons. The number of thioether (sulfide) groups is 1. The maximum atomic E-state index is 12.3. The van der Waals surface area contributed by atoms with E-state index in [-0.39, 0.29) is 5.56 Å². The number of nitrogens with one attached hydrogen (secondary N) is 1. The predicted molar refractivity (Wildman–Crippen MR) is 101 cm³/mol. The van der Waals surface area contributed by atoms with Crippen LogP contribution in [0.1, 0.15) is 11.3 Å². The Morgan fingerprint density at radius 2 is 1.79 bits per heavy atom. The number of hydrogen-bond acceptors (Lipinski definition) is 5. The SMILES string of the molecule is [B]c1ccc(N2CCN(c3nc4c(c(=O)[nH]3)CSCC4)CC2)cc1. The fraction of sp³-hybridized carbons (Fsp3) is 0.412. The molecule has 0 aliphatic carbocycles. The number of hydrogen-bond donors (Lipinski definition) is 1. The van der Waals surface area contributed by atoms with Crippen molar-refractivity contribution >= 4 is 36.7 Å². The van der Waals surface area contributed by atoms with Gasteiger partial charge in [0.25, 0.3) is 5.56 Å². The van der Waals surface area contributed by atoms with Crippen molar-refractivity contribution in [1.82, 2.24) is 9.97 Å². The number of rotatable bonds is 2. The molecule has 5 nitrogen and oxygen atoms in total. The second-order valence-electron chi connectivity index (χ2n) is 6.18. The lowest BCUT2D eigenvalue weighted by molar-refractivity contribution is 0.636. The number of aryl methyl sites for hydroxylation is 1. The third-order valence-electron chi connectivity index (χ3n) is 4.66. The van der Waals surface area contributed by atoms with Gasteiger partial charge in [-0.1, -0.05) is 17.6 Å². The van der Waals surface area contributed by atoms with Crippen LogP contribution in [0.15, 0.2) is 29.1 Å². The number of nitrogens with zero attached hydrogens (tertiary/aromatic N) is 3. The van der Waals surface area contributed by atoms with Gasteiger partial charge in [0.1, 0.15) is 7.85 Å². The fourth-order valence-electron chi connectivity index (χ4n) is 3.24. The second-order valence-corrected chi connectivity index (χ2v) is 7.29. The number of benzene rings is 1. The van der Waals surface area contributed by atoms with Crippen LogP contribution in [0.3, 0.4) is 0 Å². The molecule has 1 aromatic carbocycles. The van der Waals surface area contributed by atoms with Gasteiger partial charge >= 0.3 is 0 Å². The van der Waals surface area contributed by atoms with Gasteiger partial charge in [-0.3, -0.25) is 9.78 Å². The predicted octanol–water partition coefficient (Wildman–Crippen LogP) is 0.680. The van der Waals surface area contributed by atoms with E-state index in [1.54, 1.807) is 11.8 Å². The van der Waals surface area contributed by atoms with E-state index in [0.717, 1.165) is 66.8 Å². The van der Waals surface area contributed by atoms with Crippen molar-refractivity contribution in [3.05, 3.63) is 45.9 Å². The van der Waals surface area contributed by atoms with Crippen LogP contribution in [0.2, 0.25) is 0 Å². The number of aromatic amines is 1. The first-order valence-electron chi connectivity index (χ1n) is 8.26. The molecule has 2 aliphatic heterocycles. The number of piperazine rings is 1. The van der Waals surface area contributed by atoms with Gasteiger partial charge in [-0.2, -0.15) is 11.8 Å². The fourth-order valence-corrected chi connectivity index (χ4v) is 4.23. The van der Waals surface area contributed by atoms with Gasteiger partial charge < -0.3 is 9.80 Å². The van der Waals surface area contributed by atoms with Crippen LogP contribution in [0.25, 0.3) is 0 Å². The quantitative estimate of drug-likeness (QED) is 0.817. The van der Waals surface area contributed by atoms with Gasteiger partial charge in [0.05, 0.1) is 5.69 Å². The summed E-state index contributed by atoms with van der Waals surface area (Å²) in [5.41, 5.74) is 3.84. The van der Waals surface area contributed by atoms with E-state index in [2.05, 4.69) is 26.9 Å². The molecule has 3 heterocycles. The minimum atomic E-state index is 0.0307. The lowest BCUT2D eigenvalue weighted by Crippen LogP contribution is -2.47. The van der Waals surface area contributed by atoms with Crippen LogP contribution < -0.4 is 20.8 Å². The van der Waals surface area contributed by atoms with Crippen LogP contribution in [0, 0.1) is 0 Å². The first-order valence-corrected chi connectivity index (χ1v) is 9.41. The van der Waals surface area contributed by atoms with Gasteiger partial charge in [-0.15, -0.1) is 0 Å². The average Bonchev–Trinajstić information content (AvgIpc) is 2.62. The third-order valence-corrected chi connectivity index (χ3v) is 5.64. The maximum Gasteiger partial charge on any atom is 0.256 e. The molecule has 2 radical (unpaired) electrons. The van der Waals surface area contributed by atoms with Gasteiger partial charge in [0, 0.05) is 43.2 Å². The lowest BCUT2D eigenvalue weighted by atomic mass is 9.96. The molecule has 0 saturated carbocycles. The Morgan fingerprint density at radius 1 is 1.08 bits per heavy atom. The number of anilines is 2. The molecule has 1 aromatic heterocycles. The molecular formula is C17H19BN4OS. The molecule has 0 atom stereocenters. The van der Waals surface area contributed by atoms with Crippen LogP contribution in [-0.4, -0.2) is 49.7 Å². The van der Waals surface area contributed by atoms with Crippen molar-refractivity contribution in [1.29, 1.82) is 0 Å². The molecule has 2 aromatic rings. The summed E-state index contributed by atoms with van der Waals surface area (Å²) in [5.74, 6) is 2.55. The minimum absolute atomic E-state index is 0.0307. The molecular weight excluding hydrogens is 319 g/mol. The van der Waals surface area contributed by atoms with E-state index in [1.165, 1.54) is 5.69 Å². The van der Waals surface area contributed by atoms with Gasteiger partial charge in [0.2, 0.25) is 5.95 Å². The van der Waals surface area contributed by atoms with Crippen molar-refractivity contribution in [2.75, 3.05) is 41.7 Å². The van der Waals surface area contributed by atoms with E-state index in [0.29, 0.717) is 0 Å². The topological polar surface area (TPSA) is 52.2 Å². The Hall–Kier alpha value is -1.89. The Balaban J connectivity index is 1.49. The zero-order valence-corrected chi connectivity index (χ0v) is 14.3. The summed E-state index contributed by atoms with van der Waals surface area (Å²) in [5, 5.41) is 0. The smallest absolute Gasteiger partial charge is 0.256 e. The highest BCUT2D eigenvalue weighted by Gasteiger charge is 2.22. The van der Waals surface area contributed by atoms with Crippen LogP contribution >= 0.6 is 11.8 Å². The lowest BCUT2D eigenvalue weighted by Gasteiger charge is -2.36. The molecule has 1 saturated heterocycles. The molecule has 1 N–H and O–H groups in total. The number of H-pyrrole nitrogens is 1. The standard InChI is InChI=1S/C17H19BN4OS/c18-12-1-3-13(4-2-12)21-6-8-22(9-7-21)17-19-15-5-10-24-11-14(15)16(23)20-17/h1-4H,5-11H2,(H,19,20,23). The Labute approximate surface area is 146 Å². The molecule has 0 amide bonds. The average molecular weight is 338 g/mol. The van der Waals surface area contributed by atoms with Crippen molar-refractivity contribution in [2.45, 2.75) is 12.2 Å². The highest BCUT2D eigenvalue weighted by Crippen LogP contribution is 2.22. The molecule has 2 aliphatic rings. The molecule has 1 fully saturated rings. The molecule has 4 rings (SSSR count). The molecule has 0 spiro atoms. The summed E-state index contributed by atoms with van der Waals surface area (Å²) in [6.45, 7) is 3.50. The largest absolute Gasteiger partial charge is 0.368 e. The van der Waals surface area contributed by atoms with Crippen molar-refractivity contribution < 1.29 is 0 Å². The van der Waals surface area contributed by atoms with Crippen LogP contribution in [0.4, 0.5) is 11.6 Å². The molecule has 0 bridgehead atoms. The summed E-state index contributed by atoms with van der Waals surface area (Å²) in [7, 11) is 5.75. The van der Waals surface area contributed by atoms with E-state index in [4.69, 9.17) is 12.8 Å². The van der Waals surface area contributed by atoms with Crippen molar-refractivity contribution in [3.8, 4) is 0 Å². The van der Waals surface area contributed by atoms with E-state index < -0.39 is 0 Å². The second kappa shape index (κ2) is 6.55. The van der Waals surface area contributed by atoms with Crippen molar-refractivity contribution in [2.24, 2.45) is 0 Å². The Morgan fingerprint density at radius 3 is 2.54 bits per heavy atom. The monoisotopic (exact) mass is 338 g/mol. The molecule has 7 heteroatoms. The summed E-state index contributed by atoms with van der Waals surface area (Å²) >= 11 is 1.80. The maximum absolute atomic E-state index is 12.3. The highest BCUT2D eigenvalue weighted by molar-refractivity contribution is 7.98. The van der Waals surface area contributed by atoms with Gasteiger partial charge in [0.15, 0.2) is 0 Å². The first-order chi connectivity index (χ1) is 11.7. The van der Waals surface area contributed by atoms with Crippen LogP contribution in [-0.2, 0) is 12.2 Å². The number of fused-ring (bicyclic) bond motifs is 1. The highest BCUT2D eigenvalue weighted by atomic mass is 32.2.